The highest BCUT2D eigenvalue weighted by Crippen LogP contribution is 2.29. The van der Waals surface area contributed by atoms with E-state index in [1.165, 1.54) is 35.2 Å². The minimum atomic E-state index is -0.260. The van der Waals surface area contributed by atoms with E-state index in [0.717, 1.165) is 27.5 Å². The zero-order chi connectivity index (χ0) is 19.2. The Hall–Kier alpha value is -2.38. The van der Waals surface area contributed by atoms with Crippen LogP contribution in [0.3, 0.4) is 0 Å². The Kier molecular flexibility index (Phi) is 6.47. The van der Waals surface area contributed by atoms with Gasteiger partial charge < -0.3 is 10.1 Å². The lowest BCUT2D eigenvalue weighted by molar-refractivity contribution is -0.115. The van der Waals surface area contributed by atoms with E-state index in [1.54, 1.807) is 19.2 Å². The third-order valence-corrected chi connectivity index (χ3v) is 5.62. The van der Waals surface area contributed by atoms with Crippen molar-refractivity contribution in [3.63, 3.8) is 0 Å². The molecule has 2 aromatic carbocycles. The first kappa shape index (κ1) is 19.4. The first-order valence-corrected chi connectivity index (χ1v) is 10.2. The lowest BCUT2D eigenvalue weighted by Gasteiger charge is -2.05. The van der Waals surface area contributed by atoms with Gasteiger partial charge in [0.1, 0.15) is 11.6 Å². The maximum absolute atomic E-state index is 12.9. The standard InChI is InChI=1S/C20H19FN2O2S2/c1-13-11-14(3-8-18(13)25-2)17-12-27-20(22-17)23-19(24)9-10-26-16-6-4-15(21)5-7-16/h3-8,11-12H,9-10H2,1-2H3,(H,22,23,24). The molecule has 0 unspecified atom stereocenters. The summed E-state index contributed by atoms with van der Waals surface area (Å²) in [5, 5.41) is 5.33. The van der Waals surface area contributed by atoms with Crippen molar-refractivity contribution < 1.29 is 13.9 Å². The number of benzene rings is 2. The van der Waals surface area contributed by atoms with E-state index >= 15 is 0 Å². The van der Waals surface area contributed by atoms with Crippen LogP contribution >= 0.6 is 23.1 Å². The monoisotopic (exact) mass is 402 g/mol. The topological polar surface area (TPSA) is 51.2 Å². The van der Waals surface area contributed by atoms with Gasteiger partial charge in [-0.05, 0) is 55.0 Å². The lowest BCUT2D eigenvalue weighted by Crippen LogP contribution is -2.11. The number of rotatable bonds is 7. The fourth-order valence-corrected chi connectivity index (χ4v) is 4.06. The molecule has 3 rings (SSSR count). The fourth-order valence-electron chi connectivity index (χ4n) is 2.48. The third kappa shape index (κ3) is 5.30. The molecule has 3 aromatic rings. The molecule has 0 spiro atoms. The maximum atomic E-state index is 12.9. The van der Waals surface area contributed by atoms with Crippen LogP contribution in [0, 0.1) is 12.7 Å². The number of aromatic nitrogens is 1. The molecule has 0 bridgehead atoms. The summed E-state index contributed by atoms with van der Waals surface area (Å²) in [6.45, 7) is 1.98. The molecular weight excluding hydrogens is 383 g/mol. The predicted octanol–water partition coefficient (Wildman–Crippen LogP) is 5.39. The molecule has 0 saturated heterocycles. The van der Waals surface area contributed by atoms with Gasteiger partial charge in [0.2, 0.25) is 5.91 Å². The molecule has 0 aliphatic carbocycles. The SMILES string of the molecule is COc1ccc(-c2csc(NC(=O)CCSc3ccc(F)cc3)n2)cc1C. The Morgan fingerprint density at radius 1 is 1.26 bits per heavy atom. The molecule has 4 nitrogen and oxygen atoms in total. The molecule has 7 heteroatoms. The van der Waals surface area contributed by atoms with E-state index in [2.05, 4.69) is 10.3 Å². The molecule has 0 radical (unpaired) electrons. The summed E-state index contributed by atoms with van der Waals surface area (Å²) in [7, 11) is 1.65. The van der Waals surface area contributed by atoms with Gasteiger partial charge in [-0.2, -0.15) is 0 Å². The summed E-state index contributed by atoms with van der Waals surface area (Å²) in [6.07, 6.45) is 0.360. The average Bonchev–Trinajstić information content (AvgIpc) is 3.11. The van der Waals surface area contributed by atoms with Gasteiger partial charge >= 0.3 is 0 Å². The number of thiazole rings is 1. The van der Waals surface area contributed by atoms with Crippen molar-refractivity contribution in [2.75, 3.05) is 18.2 Å². The molecule has 140 valence electrons. The largest absolute Gasteiger partial charge is 0.496 e. The fraction of sp³-hybridized carbons (Fsp3) is 0.200. The van der Waals surface area contributed by atoms with Crippen molar-refractivity contribution in [3.05, 3.63) is 59.2 Å². The summed E-state index contributed by atoms with van der Waals surface area (Å²) in [5.41, 5.74) is 2.84. The molecule has 0 fully saturated rings. The molecule has 27 heavy (non-hydrogen) atoms. The Balaban J connectivity index is 1.53. The summed E-state index contributed by atoms with van der Waals surface area (Å²) in [6, 6.07) is 12.1. The first-order chi connectivity index (χ1) is 13.0. The Morgan fingerprint density at radius 3 is 2.74 bits per heavy atom. The number of halogens is 1. The van der Waals surface area contributed by atoms with Crippen LogP contribution in [0.5, 0.6) is 5.75 Å². The summed E-state index contributed by atoms with van der Waals surface area (Å²) < 4.78 is 18.2. The zero-order valence-electron chi connectivity index (χ0n) is 15.0. The summed E-state index contributed by atoms with van der Waals surface area (Å²) in [5.74, 6) is 1.11. The van der Waals surface area contributed by atoms with Gasteiger partial charge in [0.15, 0.2) is 5.13 Å². The number of ether oxygens (including phenoxy) is 1. The van der Waals surface area contributed by atoms with Crippen LogP contribution in [-0.2, 0) is 4.79 Å². The number of thioether (sulfide) groups is 1. The predicted molar refractivity (Wildman–Crippen MR) is 109 cm³/mol. The van der Waals surface area contributed by atoms with E-state index in [-0.39, 0.29) is 11.7 Å². The van der Waals surface area contributed by atoms with Crippen molar-refractivity contribution in [1.29, 1.82) is 0 Å². The van der Waals surface area contributed by atoms with Crippen LogP contribution in [0.4, 0.5) is 9.52 Å². The number of hydrogen-bond acceptors (Lipinski definition) is 5. The van der Waals surface area contributed by atoms with Crippen molar-refractivity contribution in [3.8, 4) is 17.0 Å². The quantitative estimate of drug-likeness (QED) is 0.539. The van der Waals surface area contributed by atoms with Gasteiger partial charge in [-0.15, -0.1) is 23.1 Å². The molecule has 0 aliphatic rings. The maximum Gasteiger partial charge on any atom is 0.226 e. The minimum Gasteiger partial charge on any atom is -0.496 e. The third-order valence-electron chi connectivity index (χ3n) is 3.85. The zero-order valence-corrected chi connectivity index (χ0v) is 16.6. The van der Waals surface area contributed by atoms with Crippen molar-refractivity contribution in [2.24, 2.45) is 0 Å². The van der Waals surface area contributed by atoms with E-state index in [1.807, 2.05) is 30.5 Å². The first-order valence-electron chi connectivity index (χ1n) is 8.34. The van der Waals surface area contributed by atoms with Gasteiger partial charge in [0.25, 0.3) is 0 Å². The van der Waals surface area contributed by atoms with Gasteiger partial charge in [0, 0.05) is 28.0 Å². The lowest BCUT2D eigenvalue weighted by atomic mass is 10.1. The highest BCUT2D eigenvalue weighted by Gasteiger charge is 2.10. The van der Waals surface area contributed by atoms with Crippen molar-refractivity contribution in [1.82, 2.24) is 4.98 Å². The Morgan fingerprint density at radius 2 is 2.04 bits per heavy atom. The Labute approximate surface area is 165 Å². The molecule has 0 atom stereocenters. The number of aryl methyl sites for hydroxylation is 1. The number of anilines is 1. The molecule has 1 N–H and O–H groups in total. The molecule has 1 heterocycles. The molecular formula is C20H19FN2O2S2. The molecule has 0 saturated carbocycles. The van der Waals surface area contributed by atoms with Gasteiger partial charge in [-0.3, -0.25) is 4.79 Å². The van der Waals surface area contributed by atoms with Gasteiger partial charge in [0.05, 0.1) is 12.8 Å². The second-order valence-electron chi connectivity index (χ2n) is 5.82. The van der Waals surface area contributed by atoms with E-state index in [9.17, 15) is 9.18 Å². The number of methoxy groups -OCH3 is 1. The molecule has 1 aromatic heterocycles. The van der Waals surface area contributed by atoms with Crippen LogP contribution in [0.2, 0.25) is 0 Å². The molecule has 0 aliphatic heterocycles. The van der Waals surface area contributed by atoms with E-state index < -0.39 is 0 Å². The number of nitrogens with one attached hydrogen (secondary N) is 1. The van der Waals surface area contributed by atoms with E-state index in [0.29, 0.717) is 17.3 Å². The number of nitrogens with zero attached hydrogens (tertiary/aromatic N) is 1. The van der Waals surface area contributed by atoms with Crippen LogP contribution in [0.15, 0.2) is 52.7 Å². The summed E-state index contributed by atoms with van der Waals surface area (Å²) >= 11 is 2.92. The highest BCUT2D eigenvalue weighted by molar-refractivity contribution is 7.99. The smallest absolute Gasteiger partial charge is 0.226 e. The van der Waals surface area contributed by atoms with Crippen LogP contribution < -0.4 is 10.1 Å². The molecule has 1 amide bonds. The number of carbonyl (C=O) groups excluding carboxylic acids is 1. The van der Waals surface area contributed by atoms with Gasteiger partial charge in [-0.25, -0.2) is 9.37 Å². The number of carbonyl (C=O) groups is 1. The van der Waals surface area contributed by atoms with E-state index in [4.69, 9.17) is 4.74 Å². The Bertz CT molecular complexity index is 926. The minimum absolute atomic E-state index is 0.0866. The summed E-state index contributed by atoms with van der Waals surface area (Å²) in [4.78, 5) is 17.5. The average molecular weight is 403 g/mol. The number of hydrogen-bond donors (Lipinski definition) is 1. The second-order valence-corrected chi connectivity index (χ2v) is 7.85. The van der Waals surface area contributed by atoms with Crippen LogP contribution in [0.1, 0.15) is 12.0 Å². The van der Waals surface area contributed by atoms with Gasteiger partial charge in [-0.1, -0.05) is 0 Å². The normalized spacial score (nSPS) is 10.6. The van der Waals surface area contributed by atoms with Crippen molar-refractivity contribution >= 4 is 34.1 Å². The van der Waals surface area contributed by atoms with Crippen molar-refractivity contribution in [2.45, 2.75) is 18.2 Å². The number of amides is 1. The van der Waals surface area contributed by atoms with Crippen LogP contribution in [-0.4, -0.2) is 23.8 Å². The second kappa shape index (κ2) is 9.01. The highest BCUT2D eigenvalue weighted by atomic mass is 32.2. The van der Waals surface area contributed by atoms with Crippen LogP contribution in [0.25, 0.3) is 11.3 Å².